The summed E-state index contributed by atoms with van der Waals surface area (Å²) in [5.74, 6) is -4.15. The van der Waals surface area contributed by atoms with Crippen LogP contribution < -0.4 is 10.6 Å². The molecule has 0 aromatic heterocycles. The fourth-order valence-corrected chi connectivity index (χ4v) is 5.65. The first-order chi connectivity index (χ1) is 20.7. The summed E-state index contributed by atoms with van der Waals surface area (Å²) in [6.45, 7) is 9.10. The molecule has 0 aromatic carbocycles. The number of carbonyl (C=O) groups is 6. The molecular weight excluding hydrogens is 594 g/mol. The molecule has 0 saturated carbocycles. The number of cyclic esters (lactones) is 1. The number of aliphatic hydroxyl groups excluding tert-OH is 1. The Bertz CT molecular complexity index is 1060. The van der Waals surface area contributed by atoms with E-state index in [1.54, 1.807) is 6.92 Å². The Morgan fingerprint density at radius 3 is 2.18 bits per heavy atom. The van der Waals surface area contributed by atoms with Crippen LogP contribution in [0.3, 0.4) is 0 Å². The van der Waals surface area contributed by atoms with Crippen molar-refractivity contribution in [2.75, 3.05) is 33.1 Å². The largest absolute Gasteiger partial charge is 0.452 e. The lowest BCUT2D eigenvalue weighted by Crippen LogP contribution is -2.61. The molecule has 250 valence electrons. The molecule has 44 heavy (non-hydrogen) atoms. The van der Waals surface area contributed by atoms with E-state index in [-0.39, 0.29) is 43.6 Å². The maximum Gasteiger partial charge on any atom is 0.308 e. The molecule has 5 amide bonds. The molecule has 0 radical (unpaired) electrons. The number of halogens is 1. The van der Waals surface area contributed by atoms with Gasteiger partial charge >= 0.3 is 5.97 Å². The Morgan fingerprint density at radius 2 is 1.59 bits per heavy atom. The predicted molar refractivity (Wildman–Crippen MR) is 163 cm³/mol. The van der Waals surface area contributed by atoms with Gasteiger partial charge in [-0.15, -0.1) is 11.6 Å². The van der Waals surface area contributed by atoms with Gasteiger partial charge in [-0.3, -0.25) is 28.8 Å². The van der Waals surface area contributed by atoms with Gasteiger partial charge in [-0.2, -0.15) is 0 Å². The minimum atomic E-state index is -1.40. The van der Waals surface area contributed by atoms with Crippen molar-refractivity contribution in [1.29, 1.82) is 0 Å². The van der Waals surface area contributed by atoms with Crippen molar-refractivity contribution >= 4 is 47.1 Å². The van der Waals surface area contributed by atoms with Crippen LogP contribution in [0.4, 0.5) is 0 Å². The average Bonchev–Trinajstić information content (AvgIpc) is 3.50. The zero-order valence-corrected chi connectivity index (χ0v) is 27.8. The molecule has 13 nitrogen and oxygen atoms in total. The number of fused-ring (bicyclic) bond motifs is 1. The van der Waals surface area contributed by atoms with E-state index in [9.17, 15) is 33.9 Å². The maximum absolute atomic E-state index is 14.0. The summed E-state index contributed by atoms with van der Waals surface area (Å²) in [4.78, 5) is 84.8. The number of hydrogen-bond donors (Lipinski definition) is 3. The SMILES string of the molecule is CC[C@@H](C)[C@@H]1NC(=O)[C@@H]2CCCN2C(=O)[C@@H](C[C@@H](O)CCl)OC(=O)CCNC(=O)[C@H](C)N(C)C(=O)[C@H]([C@@H](C)CC)N(C)C1=O. The number of esters is 1. The molecule has 2 aliphatic rings. The molecule has 2 saturated heterocycles. The molecule has 0 unspecified atom stereocenters. The summed E-state index contributed by atoms with van der Waals surface area (Å²) in [6, 6.07) is -3.76. The van der Waals surface area contributed by atoms with Crippen LogP contribution in [0.25, 0.3) is 0 Å². The lowest BCUT2D eigenvalue weighted by Gasteiger charge is -2.38. The van der Waals surface area contributed by atoms with Crippen molar-refractivity contribution in [1.82, 2.24) is 25.3 Å². The number of aliphatic hydroxyl groups is 1. The maximum atomic E-state index is 14.0. The van der Waals surface area contributed by atoms with Gasteiger partial charge < -0.3 is 35.2 Å². The van der Waals surface area contributed by atoms with Crippen molar-refractivity contribution in [3.05, 3.63) is 0 Å². The van der Waals surface area contributed by atoms with Gasteiger partial charge in [-0.1, -0.05) is 40.5 Å². The van der Waals surface area contributed by atoms with Crippen molar-refractivity contribution in [3.8, 4) is 0 Å². The molecule has 14 heteroatoms. The second-order valence-corrected chi connectivity index (χ2v) is 12.3. The number of ether oxygens (including phenoxy) is 1. The number of rotatable bonds is 7. The highest BCUT2D eigenvalue weighted by Gasteiger charge is 2.43. The monoisotopic (exact) mass is 643 g/mol. The highest BCUT2D eigenvalue weighted by Crippen LogP contribution is 2.24. The average molecular weight is 644 g/mol. The van der Waals surface area contributed by atoms with Crippen LogP contribution in [0.15, 0.2) is 0 Å². The van der Waals surface area contributed by atoms with E-state index in [1.807, 2.05) is 27.7 Å². The first-order valence-electron chi connectivity index (χ1n) is 15.5. The highest BCUT2D eigenvalue weighted by atomic mass is 35.5. The topological polar surface area (TPSA) is 166 Å². The fourth-order valence-electron chi connectivity index (χ4n) is 5.53. The van der Waals surface area contributed by atoms with E-state index < -0.39 is 71.9 Å². The van der Waals surface area contributed by atoms with Gasteiger partial charge in [-0.25, -0.2) is 0 Å². The zero-order valence-electron chi connectivity index (χ0n) is 27.0. The van der Waals surface area contributed by atoms with Crippen molar-refractivity contribution in [2.45, 2.75) is 110 Å². The number of nitrogens with zero attached hydrogens (tertiary/aromatic N) is 3. The molecule has 0 aliphatic carbocycles. The van der Waals surface area contributed by atoms with Gasteiger partial charge in [0.1, 0.15) is 24.2 Å². The standard InChI is InChI=1S/C30H50ClN5O8/c1-8-17(3)24-29(42)35(7)25(18(4)9-2)30(43)34(6)19(5)26(39)32-13-12-23(38)44-22(15-20(37)16-31)28(41)36-14-10-11-21(36)27(40)33-24/h17-22,24-25,37H,8-16H2,1-7H3,(H,32,39)(H,33,40)/t17-,18+,19+,20-,21+,22-,24+,25+/m1/s1. The van der Waals surface area contributed by atoms with Gasteiger partial charge in [0, 0.05) is 39.5 Å². The van der Waals surface area contributed by atoms with Crippen LogP contribution in [-0.4, -0.2) is 125 Å². The summed E-state index contributed by atoms with van der Waals surface area (Å²) in [6.07, 6.45) is -1.14. The van der Waals surface area contributed by atoms with E-state index in [4.69, 9.17) is 16.3 Å². The number of nitrogens with one attached hydrogen (secondary N) is 2. The Kier molecular flexibility index (Phi) is 14.4. The van der Waals surface area contributed by atoms with Crippen LogP contribution in [0.5, 0.6) is 0 Å². The van der Waals surface area contributed by atoms with Gasteiger partial charge in [-0.05, 0) is 31.6 Å². The Morgan fingerprint density at radius 1 is 0.955 bits per heavy atom. The summed E-state index contributed by atoms with van der Waals surface area (Å²) in [5.41, 5.74) is 0. The third kappa shape index (κ3) is 9.06. The third-order valence-electron chi connectivity index (χ3n) is 8.97. The summed E-state index contributed by atoms with van der Waals surface area (Å²) in [7, 11) is 3.01. The van der Waals surface area contributed by atoms with Crippen LogP contribution >= 0.6 is 11.6 Å². The normalized spacial score (nSPS) is 29.1. The zero-order chi connectivity index (χ0) is 33.3. The van der Waals surface area contributed by atoms with Gasteiger partial charge in [0.15, 0.2) is 6.10 Å². The third-order valence-corrected chi connectivity index (χ3v) is 9.32. The first-order valence-corrected chi connectivity index (χ1v) is 16.1. The molecule has 2 rings (SSSR count). The number of carbonyl (C=O) groups excluding carboxylic acids is 6. The molecule has 0 spiro atoms. The van der Waals surface area contributed by atoms with E-state index in [2.05, 4.69) is 10.6 Å². The van der Waals surface area contributed by atoms with E-state index in [1.165, 1.54) is 28.8 Å². The summed E-state index contributed by atoms with van der Waals surface area (Å²) >= 11 is 5.77. The predicted octanol–water partition coefficient (Wildman–Crippen LogP) is 0.650. The molecule has 2 aliphatic heterocycles. The molecule has 3 N–H and O–H groups in total. The van der Waals surface area contributed by atoms with E-state index >= 15 is 0 Å². The molecular formula is C30H50ClN5O8. The molecule has 8 atom stereocenters. The van der Waals surface area contributed by atoms with E-state index in [0.29, 0.717) is 25.7 Å². The van der Waals surface area contributed by atoms with Gasteiger partial charge in [0.05, 0.1) is 12.5 Å². The highest BCUT2D eigenvalue weighted by molar-refractivity contribution is 6.18. The van der Waals surface area contributed by atoms with Crippen LogP contribution in [0, 0.1) is 11.8 Å². The Balaban J connectivity index is 2.56. The number of hydrogen-bond acceptors (Lipinski definition) is 8. The minimum absolute atomic E-state index is 0.123. The molecule has 0 bridgehead atoms. The van der Waals surface area contributed by atoms with Crippen molar-refractivity contribution < 1.29 is 38.6 Å². The smallest absolute Gasteiger partial charge is 0.308 e. The number of alkyl halides is 1. The first kappa shape index (κ1) is 37.3. The molecule has 0 aromatic rings. The van der Waals surface area contributed by atoms with Crippen LogP contribution in [0.1, 0.15) is 73.1 Å². The number of likely N-dealkylation sites (N-methyl/N-ethyl adjacent to an activating group) is 2. The molecule has 2 heterocycles. The second-order valence-electron chi connectivity index (χ2n) is 12.0. The van der Waals surface area contributed by atoms with Crippen molar-refractivity contribution in [2.24, 2.45) is 11.8 Å². The lowest BCUT2D eigenvalue weighted by molar-refractivity contribution is -0.163. The summed E-state index contributed by atoms with van der Waals surface area (Å²) < 4.78 is 5.45. The molecule has 2 fully saturated rings. The Hall–Kier alpha value is -2.93. The summed E-state index contributed by atoms with van der Waals surface area (Å²) in [5, 5.41) is 15.7. The fraction of sp³-hybridized carbons (Fsp3) is 0.800. The van der Waals surface area contributed by atoms with Crippen molar-refractivity contribution in [3.63, 3.8) is 0 Å². The number of amides is 5. The Labute approximate surface area is 265 Å². The second kappa shape index (κ2) is 17.0. The van der Waals surface area contributed by atoms with Gasteiger partial charge in [0.2, 0.25) is 23.6 Å². The van der Waals surface area contributed by atoms with Crippen LogP contribution in [-0.2, 0) is 33.5 Å². The minimum Gasteiger partial charge on any atom is -0.452 e. The lowest BCUT2D eigenvalue weighted by atomic mass is 9.92. The quantitative estimate of drug-likeness (QED) is 0.269. The van der Waals surface area contributed by atoms with Crippen LogP contribution in [0.2, 0.25) is 0 Å². The van der Waals surface area contributed by atoms with E-state index in [0.717, 1.165) is 0 Å². The van der Waals surface area contributed by atoms with Gasteiger partial charge in [0.25, 0.3) is 5.91 Å².